The van der Waals surface area contributed by atoms with Gasteiger partial charge in [-0.25, -0.2) is 0 Å². The minimum atomic E-state index is -0.800. The maximum Gasteiger partial charge on any atom is 0.306 e. The summed E-state index contributed by atoms with van der Waals surface area (Å²) in [5.74, 6) is -0.970. The van der Waals surface area contributed by atoms with Crippen molar-refractivity contribution in [2.75, 3.05) is 13.2 Å². The number of carbonyl (C=O) groups excluding carboxylic acids is 3. The van der Waals surface area contributed by atoms with Crippen LogP contribution >= 0.6 is 0 Å². The monoisotopic (exact) mass is 781 g/mol. The smallest absolute Gasteiger partial charge is 0.306 e. The van der Waals surface area contributed by atoms with Gasteiger partial charge >= 0.3 is 17.9 Å². The lowest BCUT2D eigenvalue weighted by Crippen LogP contribution is -2.30. The van der Waals surface area contributed by atoms with Crippen LogP contribution in [0.4, 0.5) is 0 Å². The van der Waals surface area contributed by atoms with Crippen molar-refractivity contribution in [2.24, 2.45) is 0 Å². The van der Waals surface area contributed by atoms with Crippen LogP contribution in [0.5, 0.6) is 0 Å². The molecule has 0 heterocycles. The molecule has 0 fully saturated rings. The molecular weight excluding hydrogens is 697 g/mol. The number of unbranched alkanes of at least 4 members (excludes halogenated alkanes) is 20. The number of rotatable bonds is 40. The lowest BCUT2D eigenvalue weighted by atomic mass is 10.1. The Morgan fingerprint density at radius 3 is 1.20 bits per heavy atom. The van der Waals surface area contributed by atoms with E-state index in [2.05, 4.69) is 57.2 Å². The first kappa shape index (κ1) is 52.9. The lowest BCUT2D eigenvalue weighted by molar-refractivity contribution is -0.167. The summed E-state index contributed by atoms with van der Waals surface area (Å²) in [7, 11) is 0. The summed E-state index contributed by atoms with van der Waals surface area (Å²) in [6.45, 7) is 6.39. The average molecular weight is 781 g/mol. The van der Waals surface area contributed by atoms with Crippen molar-refractivity contribution in [3.8, 4) is 0 Å². The highest BCUT2D eigenvalue weighted by atomic mass is 16.6. The minimum Gasteiger partial charge on any atom is -0.462 e. The molecule has 6 nitrogen and oxygen atoms in total. The fourth-order valence-corrected chi connectivity index (χ4v) is 6.03. The van der Waals surface area contributed by atoms with Gasteiger partial charge in [-0.05, 0) is 89.9 Å². The Hall–Kier alpha value is -3.15. The van der Waals surface area contributed by atoms with E-state index >= 15 is 0 Å². The Morgan fingerprint density at radius 2 is 0.714 bits per heavy atom. The molecule has 1 unspecified atom stereocenters. The van der Waals surface area contributed by atoms with Gasteiger partial charge in [-0.15, -0.1) is 0 Å². The summed E-state index contributed by atoms with van der Waals surface area (Å²) in [5.41, 5.74) is 0. The molecule has 0 aromatic carbocycles. The molecule has 0 bridgehead atoms. The fraction of sp³-hybridized carbons (Fsp3) is 0.700. The van der Waals surface area contributed by atoms with Gasteiger partial charge in [0.05, 0.1) is 0 Å². The van der Waals surface area contributed by atoms with E-state index in [1.54, 1.807) is 0 Å². The maximum absolute atomic E-state index is 12.7. The van der Waals surface area contributed by atoms with E-state index in [0.29, 0.717) is 19.3 Å². The maximum atomic E-state index is 12.7. The zero-order valence-electron chi connectivity index (χ0n) is 36.4. The largest absolute Gasteiger partial charge is 0.462 e. The summed E-state index contributed by atoms with van der Waals surface area (Å²) in [4.78, 5) is 37.7. The first-order valence-electron chi connectivity index (χ1n) is 23.0. The van der Waals surface area contributed by atoms with Crippen LogP contribution in [-0.2, 0) is 28.6 Å². The second-order valence-electron chi connectivity index (χ2n) is 15.0. The van der Waals surface area contributed by atoms with Crippen LogP contribution in [0.1, 0.15) is 207 Å². The van der Waals surface area contributed by atoms with E-state index in [1.165, 1.54) is 70.6 Å². The minimum absolute atomic E-state index is 0.0993. The van der Waals surface area contributed by atoms with Gasteiger partial charge in [0.1, 0.15) is 13.2 Å². The van der Waals surface area contributed by atoms with Gasteiger partial charge in [-0.1, -0.05) is 171 Å². The molecule has 320 valence electrons. The Kier molecular flexibility index (Phi) is 42.1. The van der Waals surface area contributed by atoms with Gasteiger partial charge in [0, 0.05) is 19.3 Å². The van der Waals surface area contributed by atoms with Crippen LogP contribution in [0.15, 0.2) is 72.9 Å². The van der Waals surface area contributed by atoms with Crippen LogP contribution in [-0.4, -0.2) is 37.2 Å². The predicted molar refractivity (Wildman–Crippen MR) is 238 cm³/mol. The van der Waals surface area contributed by atoms with Crippen molar-refractivity contribution < 1.29 is 28.6 Å². The Morgan fingerprint density at radius 1 is 0.375 bits per heavy atom. The molecule has 0 spiro atoms. The molecule has 0 rings (SSSR count). The van der Waals surface area contributed by atoms with Crippen molar-refractivity contribution in [3.05, 3.63) is 72.9 Å². The molecule has 0 saturated carbocycles. The third kappa shape index (κ3) is 42.0. The second kappa shape index (κ2) is 44.6. The van der Waals surface area contributed by atoms with Crippen molar-refractivity contribution in [1.29, 1.82) is 0 Å². The molecule has 6 heteroatoms. The molecule has 56 heavy (non-hydrogen) atoms. The van der Waals surface area contributed by atoms with Gasteiger partial charge in [0.25, 0.3) is 0 Å². The summed E-state index contributed by atoms with van der Waals surface area (Å²) >= 11 is 0. The molecule has 0 aliphatic rings. The van der Waals surface area contributed by atoms with Crippen LogP contribution in [0.2, 0.25) is 0 Å². The van der Waals surface area contributed by atoms with Crippen LogP contribution < -0.4 is 0 Å². The quantitative estimate of drug-likeness (QED) is 0.0203. The summed E-state index contributed by atoms with van der Waals surface area (Å²) in [6.07, 6.45) is 54.5. The average Bonchev–Trinajstić information content (AvgIpc) is 3.19. The molecule has 0 aromatic rings. The van der Waals surface area contributed by atoms with Gasteiger partial charge in [-0.2, -0.15) is 0 Å². The predicted octanol–water partition coefficient (Wildman–Crippen LogP) is 14.7. The highest BCUT2D eigenvalue weighted by molar-refractivity contribution is 5.71. The van der Waals surface area contributed by atoms with E-state index in [1.807, 2.05) is 36.5 Å². The van der Waals surface area contributed by atoms with Gasteiger partial charge in [0.15, 0.2) is 6.10 Å². The zero-order valence-corrected chi connectivity index (χ0v) is 36.4. The number of esters is 3. The normalized spacial score (nSPS) is 12.7. The molecule has 0 aliphatic carbocycles. The lowest BCUT2D eigenvalue weighted by Gasteiger charge is -2.18. The standard InChI is InChI=1S/C50H84O6/c1-4-7-10-13-16-19-22-25-28-31-34-37-40-43-49(52)55-46-47(45-54-48(51)42-39-36-33-30-27-24-21-18-15-12-9-6-3)56-50(53)44-41-38-35-32-29-26-23-20-17-14-11-8-5-2/h7,10,13,16,18-19,21-22,25-26,28-29,47H,4-6,8-9,11-12,14-15,17,20,23-24,27,30-46H2,1-3H3/b10-7-,16-13-,21-18-,22-19-,28-25-,29-26-. The highest BCUT2D eigenvalue weighted by Gasteiger charge is 2.19. The van der Waals surface area contributed by atoms with Gasteiger partial charge < -0.3 is 14.2 Å². The van der Waals surface area contributed by atoms with Crippen molar-refractivity contribution in [3.63, 3.8) is 0 Å². The van der Waals surface area contributed by atoms with E-state index in [-0.39, 0.29) is 31.1 Å². The van der Waals surface area contributed by atoms with Crippen molar-refractivity contribution >= 4 is 17.9 Å². The van der Waals surface area contributed by atoms with Crippen molar-refractivity contribution in [2.45, 2.75) is 213 Å². The number of hydrogen-bond acceptors (Lipinski definition) is 6. The first-order chi connectivity index (χ1) is 27.5. The number of ether oxygens (including phenoxy) is 3. The van der Waals surface area contributed by atoms with Gasteiger partial charge in [-0.3, -0.25) is 14.4 Å². The van der Waals surface area contributed by atoms with E-state index in [4.69, 9.17) is 14.2 Å². The summed E-state index contributed by atoms with van der Waals surface area (Å²) in [5, 5.41) is 0. The molecule has 0 saturated heterocycles. The van der Waals surface area contributed by atoms with Gasteiger partial charge in [0.2, 0.25) is 0 Å². The number of allylic oxidation sites excluding steroid dienone is 12. The molecule has 0 N–H and O–H groups in total. The third-order valence-electron chi connectivity index (χ3n) is 9.51. The molecule has 1 atom stereocenters. The molecule has 0 aliphatic heterocycles. The van der Waals surface area contributed by atoms with Crippen LogP contribution in [0, 0.1) is 0 Å². The second-order valence-corrected chi connectivity index (χ2v) is 15.0. The van der Waals surface area contributed by atoms with E-state index in [9.17, 15) is 14.4 Å². The summed E-state index contributed by atoms with van der Waals surface area (Å²) in [6, 6.07) is 0. The third-order valence-corrected chi connectivity index (χ3v) is 9.51. The highest BCUT2D eigenvalue weighted by Crippen LogP contribution is 2.12. The topological polar surface area (TPSA) is 78.9 Å². The Bertz CT molecular complexity index is 1080. The zero-order chi connectivity index (χ0) is 40.8. The van der Waals surface area contributed by atoms with Crippen molar-refractivity contribution in [1.82, 2.24) is 0 Å². The molecule has 0 aromatic heterocycles. The summed E-state index contributed by atoms with van der Waals surface area (Å²) < 4.78 is 16.7. The number of carbonyl (C=O) groups is 3. The molecule has 0 radical (unpaired) electrons. The van der Waals surface area contributed by atoms with E-state index in [0.717, 1.165) is 96.3 Å². The van der Waals surface area contributed by atoms with Crippen LogP contribution in [0.3, 0.4) is 0 Å². The fourth-order valence-electron chi connectivity index (χ4n) is 6.03. The van der Waals surface area contributed by atoms with Crippen LogP contribution in [0.25, 0.3) is 0 Å². The van der Waals surface area contributed by atoms with E-state index < -0.39 is 6.10 Å². The molecule has 0 amide bonds. The SMILES string of the molecule is CC\C=C/C=C\C=C/C=C\CCCCCC(=O)OCC(COC(=O)CCCCCCC/C=C\CCCCC)OC(=O)CCCCC/C=C\CCCCCCCC. The number of hydrogen-bond donors (Lipinski definition) is 0. The molecular formula is C50H84O6. The Balaban J connectivity index is 4.49. The Labute approximate surface area is 344 Å². The first-order valence-corrected chi connectivity index (χ1v) is 23.0.